The van der Waals surface area contributed by atoms with Gasteiger partial charge in [0.15, 0.2) is 0 Å². The summed E-state index contributed by atoms with van der Waals surface area (Å²) < 4.78 is 0. The van der Waals surface area contributed by atoms with Crippen LogP contribution in [0.2, 0.25) is 0 Å². The Bertz CT molecular complexity index is 758. The van der Waals surface area contributed by atoms with Gasteiger partial charge in [0.05, 0.1) is 17.2 Å². The normalized spacial score (nSPS) is 12.3. The number of hydrogen-bond donors (Lipinski definition) is 2. The molecule has 0 saturated heterocycles. The molecule has 3 amide bonds. The molecule has 2 N–H and O–H groups in total. The number of thiazole rings is 1. The Morgan fingerprint density at radius 3 is 2.42 bits per heavy atom. The molecule has 0 aliphatic carbocycles. The average molecular weight is 375 g/mol. The van der Waals surface area contributed by atoms with Crippen molar-refractivity contribution < 1.29 is 9.59 Å². The Morgan fingerprint density at radius 2 is 1.85 bits per heavy atom. The van der Waals surface area contributed by atoms with E-state index in [1.165, 1.54) is 0 Å². The quantitative estimate of drug-likeness (QED) is 0.804. The van der Waals surface area contributed by atoms with E-state index in [0.717, 1.165) is 15.6 Å². The van der Waals surface area contributed by atoms with Crippen LogP contribution in [-0.2, 0) is 4.79 Å². The maximum absolute atomic E-state index is 12.2. The van der Waals surface area contributed by atoms with Gasteiger partial charge in [-0.15, -0.1) is 11.3 Å². The van der Waals surface area contributed by atoms with E-state index in [2.05, 4.69) is 29.5 Å². The number of anilines is 1. The smallest absolute Gasteiger partial charge is 0.308 e. The molecule has 2 aromatic rings. The van der Waals surface area contributed by atoms with Crippen LogP contribution >= 0.6 is 11.3 Å². The van der Waals surface area contributed by atoms with Crippen molar-refractivity contribution in [3.63, 3.8) is 0 Å². The van der Waals surface area contributed by atoms with Gasteiger partial charge < -0.3 is 5.32 Å². The SMILES string of the molecule is Cc1nc(C(C)C)sc1C(C)N(C)CC(=O)NC(=O)Nc1ccccc1. The van der Waals surface area contributed by atoms with Crippen LogP contribution in [0.15, 0.2) is 30.3 Å². The summed E-state index contributed by atoms with van der Waals surface area (Å²) in [5, 5.41) is 6.10. The lowest BCUT2D eigenvalue weighted by Crippen LogP contribution is -2.41. The number of nitrogens with one attached hydrogen (secondary N) is 2. The number of amides is 3. The zero-order chi connectivity index (χ0) is 19.3. The van der Waals surface area contributed by atoms with Crippen molar-refractivity contribution in [3.05, 3.63) is 45.9 Å². The minimum atomic E-state index is -0.529. The molecule has 1 atom stereocenters. The lowest BCUT2D eigenvalue weighted by Gasteiger charge is -2.23. The molecule has 6 nitrogen and oxygen atoms in total. The Balaban J connectivity index is 1.90. The number of carbonyl (C=O) groups excluding carboxylic acids is 2. The number of aromatic nitrogens is 1. The Kier molecular flexibility index (Phi) is 6.88. The second-order valence-electron chi connectivity index (χ2n) is 6.62. The molecule has 7 heteroatoms. The van der Waals surface area contributed by atoms with E-state index in [4.69, 9.17) is 0 Å². The second-order valence-corrected chi connectivity index (χ2v) is 7.68. The highest BCUT2D eigenvalue weighted by Gasteiger charge is 2.21. The summed E-state index contributed by atoms with van der Waals surface area (Å²) in [6.07, 6.45) is 0. The van der Waals surface area contributed by atoms with E-state index in [1.807, 2.05) is 44.0 Å². The van der Waals surface area contributed by atoms with Gasteiger partial charge in [-0.05, 0) is 33.0 Å². The molecule has 1 heterocycles. The molecule has 0 aliphatic heterocycles. The number of imide groups is 1. The summed E-state index contributed by atoms with van der Waals surface area (Å²) in [7, 11) is 1.87. The molecule has 26 heavy (non-hydrogen) atoms. The van der Waals surface area contributed by atoms with Gasteiger partial charge in [-0.2, -0.15) is 0 Å². The predicted octanol–water partition coefficient (Wildman–Crippen LogP) is 3.92. The maximum Gasteiger partial charge on any atom is 0.325 e. The van der Waals surface area contributed by atoms with E-state index in [-0.39, 0.29) is 18.5 Å². The highest BCUT2D eigenvalue weighted by molar-refractivity contribution is 7.11. The van der Waals surface area contributed by atoms with Crippen LogP contribution in [0.1, 0.15) is 48.3 Å². The van der Waals surface area contributed by atoms with Crippen molar-refractivity contribution in [2.24, 2.45) is 0 Å². The van der Waals surface area contributed by atoms with E-state index in [0.29, 0.717) is 11.6 Å². The Morgan fingerprint density at radius 1 is 1.19 bits per heavy atom. The standard InChI is InChI=1S/C19H26N4O2S/c1-12(2)18-20-13(3)17(26-18)14(4)23(5)11-16(24)22-19(25)21-15-9-7-6-8-10-15/h6-10,12,14H,11H2,1-5H3,(H2,21,22,24,25). The summed E-state index contributed by atoms with van der Waals surface area (Å²) in [5.41, 5.74) is 1.64. The van der Waals surface area contributed by atoms with Gasteiger partial charge in [0.2, 0.25) is 5.91 Å². The van der Waals surface area contributed by atoms with E-state index < -0.39 is 6.03 Å². The second kappa shape index (κ2) is 8.91. The summed E-state index contributed by atoms with van der Waals surface area (Å²) in [6.45, 7) is 8.40. The predicted molar refractivity (Wildman–Crippen MR) is 106 cm³/mol. The van der Waals surface area contributed by atoms with Gasteiger partial charge in [0.25, 0.3) is 0 Å². The third kappa shape index (κ3) is 5.37. The minimum absolute atomic E-state index is 0.0444. The zero-order valence-corrected chi connectivity index (χ0v) is 16.7. The molecule has 0 spiro atoms. The molecular formula is C19H26N4O2S. The molecule has 0 bridgehead atoms. The lowest BCUT2D eigenvalue weighted by molar-refractivity contribution is -0.121. The summed E-state index contributed by atoms with van der Waals surface area (Å²) in [6, 6.07) is 8.53. The van der Waals surface area contributed by atoms with E-state index in [9.17, 15) is 9.59 Å². The first-order chi connectivity index (χ1) is 12.3. The molecular weight excluding hydrogens is 348 g/mol. The van der Waals surface area contributed by atoms with Crippen LogP contribution < -0.4 is 10.6 Å². The highest BCUT2D eigenvalue weighted by Crippen LogP contribution is 2.31. The first kappa shape index (κ1) is 20.1. The van der Waals surface area contributed by atoms with E-state index in [1.54, 1.807) is 23.5 Å². The molecule has 0 saturated carbocycles. The van der Waals surface area contributed by atoms with Gasteiger partial charge in [-0.1, -0.05) is 32.0 Å². The van der Waals surface area contributed by atoms with Gasteiger partial charge in [-0.25, -0.2) is 9.78 Å². The lowest BCUT2D eigenvalue weighted by atomic mass is 10.2. The van der Waals surface area contributed by atoms with Crippen LogP contribution in [0.5, 0.6) is 0 Å². The maximum atomic E-state index is 12.2. The Labute approximate surface area is 158 Å². The number of urea groups is 1. The van der Waals surface area contributed by atoms with Crippen LogP contribution in [0.3, 0.4) is 0 Å². The molecule has 0 radical (unpaired) electrons. The number of aryl methyl sites for hydroxylation is 1. The number of likely N-dealkylation sites (N-methyl/N-ethyl adjacent to an activating group) is 1. The van der Waals surface area contributed by atoms with Gasteiger partial charge >= 0.3 is 6.03 Å². The number of carbonyl (C=O) groups is 2. The fourth-order valence-electron chi connectivity index (χ4n) is 2.48. The van der Waals surface area contributed by atoms with E-state index >= 15 is 0 Å². The summed E-state index contributed by atoms with van der Waals surface area (Å²) in [4.78, 5) is 31.7. The number of para-hydroxylation sites is 1. The average Bonchev–Trinajstić information content (AvgIpc) is 2.96. The molecule has 140 valence electrons. The van der Waals surface area contributed by atoms with Crippen LogP contribution in [0, 0.1) is 6.92 Å². The van der Waals surface area contributed by atoms with Gasteiger partial charge in [0.1, 0.15) is 0 Å². The highest BCUT2D eigenvalue weighted by atomic mass is 32.1. The zero-order valence-electron chi connectivity index (χ0n) is 15.9. The Hall–Kier alpha value is -2.25. The monoisotopic (exact) mass is 374 g/mol. The van der Waals surface area contributed by atoms with Crippen LogP contribution in [-0.4, -0.2) is 35.4 Å². The number of rotatable bonds is 6. The van der Waals surface area contributed by atoms with Gasteiger partial charge in [-0.3, -0.25) is 15.0 Å². The van der Waals surface area contributed by atoms with Crippen molar-refractivity contribution in [2.45, 2.75) is 39.7 Å². The van der Waals surface area contributed by atoms with Crippen molar-refractivity contribution in [2.75, 3.05) is 18.9 Å². The van der Waals surface area contributed by atoms with Crippen LogP contribution in [0.25, 0.3) is 0 Å². The minimum Gasteiger partial charge on any atom is -0.308 e. The van der Waals surface area contributed by atoms with Crippen molar-refractivity contribution in [1.82, 2.24) is 15.2 Å². The number of nitrogens with zero attached hydrogens (tertiary/aromatic N) is 2. The number of hydrogen-bond acceptors (Lipinski definition) is 5. The molecule has 0 fully saturated rings. The molecule has 1 aromatic carbocycles. The van der Waals surface area contributed by atoms with Crippen molar-refractivity contribution >= 4 is 29.0 Å². The largest absolute Gasteiger partial charge is 0.325 e. The summed E-state index contributed by atoms with van der Waals surface area (Å²) in [5.74, 6) is 0.0361. The third-order valence-electron chi connectivity index (χ3n) is 4.06. The fraction of sp³-hybridized carbons (Fsp3) is 0.421. The first-order valence-electron chi connectivity index (χ1n) is 8.61. The topological polar surface area (TPSA) is 74.3 Å². The number of benzene rings is 1. The van der Waals surface area contributed by atoms with Crippen LogP contribution in [0.4, 0.5) is 10.5 Å². The molecule has 1 unspecified atom stereocenters. The molecule has 1 aromatic heterocycles. The van der Waals surface area contributed by atoms with Crippen molar-refractivity contribution in [3.8, 4) is 0 Å². The molecule has 2 rings (SSSR count). The molecule has 0 aliphatic rings. The first-order valence-corrected chi connectivity index (χ1v) is 9.43. The van der Waals surface area contributed by atoms with Crippen molar-refractivity contribution in [1.29, 1.82) is 0 Å². The summed E-state index contributed by atoms with van der Waals surface area (Å²) >= 11 is 1.68. The fourth-order valence-corrected chi connectivity index (χ4v) is 3.67. The third-order valence-corrected chi connectivity index (χ3v) is 5.69. The van der Waals surface area contributed by atoms with Gasteiger partial charge in [0, 0.05) is 22.5 Å².